The van der Waals surface area contributed by atoms with Crippen molar-refractivity contribution >= 4 is 17.4 Å². The van der Waals surface area contributed by atoms with E-state index in [0.29, 0.717) is 12.1 Å². The third-order valence-electron chi connectivity index (χ3n) is 4.09. The van der Waals surface area contributed by atoms with Crippen molar-refractivity contribution in [3.05, 3.63) is 89.6 Å². The molecular formula is C22H23N3O. The normalized spacial score (nSPS) is 10.3. The minimum atomic E-state index is -0.00359. The molecule has 1 heterocycles. The molecule has 4 heteroatoms. The van der Waals surface area contributed by atoms with E-state index in [1.807, 2.05) is 48.5 Å². The highest BCUT2D eigenvalue weighted by atomic mass is 16.1. The number of rotatable bonds is 7. The van der Waals surface area contributed by atoms with Gasteiger partial charge < -0.3 is 10.6 Å². The lowest BCUT2D eigenvalue weighted by Crippen LogP contribution is -2.12. The molecule has 1 amide bonds. The summed E-state index contributed by atoms with van der Waals surface area (Å²) in [6.45, 7) is 2.80. The first-order valence-corrected chi connectivity index (χ1v) is 8.78. The Morgan fingerprint density at radius 3 is 2.50 bits per heavy atom. The predicted molar refractivity (Wildman–Crippen MR) is 106 cm³/mol. The second kappa shape index (κ2) is 8.81. The summed E-state index contributed by atoms with van der Waals surface area (Å²) in [6, 6.07) is 22.1. The topological polar surface area (TPSA) is 54.0 Å². The van der Waals surface area contributed by atoms with Gasteiger partial charge in [-0.3, -0.25) is 4.79 Å². The molecular weight excluding hydrogens is 322 g/mol. The summed E-state index contributed by atoms with van der Waals surface area (Å²) in [5, 5.41) is 6.18. The number of anilines is 2. The zero-order chi connectivity index (χ0) is 18.2. The molecule has 0 fully saturated rings. The van der Waals surface area contributed by atoms with E-state index in [9.17, 15) is 4.79 Å². The average Bonchev–Trinajstić information content (AvgIpc) is 2.67. The van der Waals surface area contributed by atoms with Crippen molar-refractivity contribution in [2.45, 2.75) is 26.3 Å². The fourth-order valence-corrected chi connectivity index (χ4v) is 2.71. The van der Waals surface area contributed by atoms with Crippen molar-refractivity contribution in [2.24, 2.45) is 0 Å². The first kappa shape index (κ1) is 17.7. The molecule has 0 unspecified atom stereocenters. The molecule has 0 aliphatic heterocycles. The number of hydrogen-bond acceptors (Lipinski definition) is 3. The lowest BCUT2D eigenvalue weighted by atomic mass is 10.1. The van der Waals surface area contributed by atoms with E-state index in [1.54, 1.807) is 6.20 Å². The molecule has 0 saturated heterocycles. The molecule has 2 N–H and O–H groups in total. The molecule has 2 aromatic carbocycles. The number of hydrogen-bond donors (Lipinski definition) is 2. The third-order valence-corrected chi connectivity index (χ3v) is 4.09. The molecule has 0 bridgehead atoms. The molecule has 3 rings (SSSR count). The van der Waals surface area contributed by atoms with E-state index in [-0.39, 0.29) is 5.91 Å². The standard InChI is InChI=1S/C22H23N3O/c1-17-6-5-9-19(14-17)15-23-21-12-11-20(16-24-21)25-22(26)13-10-18-7-3-2-4-8-18/h2-9,11-12,14,16H,10,13,15H2,1H3,(H,23,24)(H,25,26). The third kappa shape index (κ3) is 5.45. The Balaban J connectivity index is 1.47. The first-order chi connectivity index (χ1) is 12.7. The van der Waals surface area contributed by atoms with Crippen LogP contribution in [0.3, 0.4) is 0 Å². The van der Waals surface area contributed by atoms with Crippen LogP contribution < -0.4 is 10.6 Å². The fourth-order valence-electron chi connectivity index (χ4n) is 2.71. The van der Waals surface area contributed by atoms with Gasteiger partial charge in [0, 0.05) is 13.0 Å². The molecule has 0 aliphatic rings. The summed E-state index contributed by atoms with van der Waals surface area (Å²) in [7, 11) is 0. The molecule has 26 heavy (non-hydrogen) atoms. The zero-order valence-electron chi connectivity index (χ0n) is 14.9. The monoisotopic (exact) mass is 345 g/mol. The highest BCUT2D eigenvalue weighted by Crippen LogP contribution is 2.12. The minimum absolute atomic E-state index is 0.00359. The van der Waals surface area contributed by atoms with Gasteiger partial charge in [-0.2, -0.15) is 0 Å². The van der Waals surface area contributed by atoms with Gasteiger partial charge in [-0.25, -0.2) is 4.98 Å². The summed E-state index contributed by atoms with van der Waals surface area (Å²) < 4.78 is 0. The average molecular weight is 345 g/mol. The van der Waals surface area contributed by atoms with Crippen LogP contribution in [-0.4, -0.2) is 10.9 Å². The maximum Gasteiger partial charge on any atom is 0.224 e. The molecule has 132 valence electrons. The van der Waals surface area contributed by atoms with Gasteiger partial charge in [0.05, 0.1) is 11.9 Å². The fraction of sp³-hybridized carbons (Fsp3) is 0.182. The van der Waals surface area contributed by atoms with E-state index in [4.69, 9.17) is 0 Å². The summed E-state index contributed by atoms with van der Waals surface area (Å²) in [5.74, 6) is 0.782. The Kier molecular flexibility index (Phi) is 5.99. The highest BCUT2D eigenvalue weighted by Gasteiger charge is 2.04. The van der Waals surface area contributed by atoms with Crippen LogP contribution >= 0.6 is 0 Å². The van der Waals surface area contributed by atoms with Gasteiger partial charge in [0.1, 0.15) is 5.82 Å². The van der Waals surface area contributed by atoms with Crippen LogP contribution in [0.1, 0.15) is 23.1 Å². The number of nitrogens with one attached hydrogen (secondary N) is 2. The van der Waals surface area contributed by atoms with Gasteiger partial charge in [0.2, 0.25) is 5.91 Å². The highest BCUT2D eigenvalue weighted by molar-refractivity contribution is 5.90. The Morgan fingerprint density at radius 2 is 1.77 bits per heavy atom. The lowest BCUT2D eigenvalue weighted by Gasteiger charge is -2.08. The second-order valence-corrected chi connectivity index (χ2v) is 6.31. The number of aromatic nitrogens is 1. The Hall–Kier alpha value is -3.14. The van der Waals surface area contributed by atoms with Crippen LogP contribution in [0, 0.1) is 6.92 Å². The van der Waals surface area contributed by atoms with Crippen LogP contribution in [-0.2, 0) is 17.8 Å². The van der Waals surface area contributed by atoms with Crippen molar-refractivity contribution in [1.82, 2.24) is 4.98 Å². The maximum absolute atomic E-state index is 12.1. The van der Waals surface area contributed by atoms with Gasteiger partial charge >= 0.3 is 0 Å². The van der Waals surface area contributed by atoms with Crippen molar-refractivity contribution in [3.8, 4) is 0 Å². The van der Waals surface area contributed by atoms with Gasteiger partial charge in [-0.1, -0.05) is 60.2 Å². The molecule has 0 saturated carbocycles. The number of nitrogens with zero attached hydrogens (tertiary/aromatic N) is 1. The van der Waals surface area contributed by atoms with Crippen molar-refractivity contribution in [1.29, 1.82) is 0 Å². The largest absolute Gasteiger partial charge is 0.366 e. The van der Waals surface area contributed by atoms with E-state index in [1.165, 1.54) is 11.1 Å². The molecule has 4 nitrogen and oxygen atoms in total. The molecule has 0 aliphatic carbocycles. The van der Waals surface area contributed by atoms with Gasteiger partial charge in [0.25, 0.3) is 0 Å². The first-order valence-electron chi connectivity index (χ1n) is 8.78. The van der Waals surface area contributed by atoms with Crippen LogP contribution in [0.5, 0.6) is 0 Å². The molecule has 0 spiro atoms. The van der Waals surface area contributed by atoms with Crippen LogP contribution in [0.2, 0.25) is 0 Å². The Morgan fingerprint density at radius 1 is 0.962 bits per heavy atom. The Labute approximate surface area is 154 Å². The second-order valence-electron chi connectivity index (χ2n) is 6.31. The van der Waals surface area contributed by atoms with Crippen LogP contribution in [0.25, 0.3) is 0 Å². The van der Waals surface area contributed by atoms with Crippen molar-refractivity contribution < 1.29 is 4.79 Å². The molecule has 1 aromatic heterocycles. The predicted octanol–water partition coefficient (Wildman–Crippen LogP) is 4.57. The summed E-state index contributed by atoms with van der Waals surface area (Å²) in [5.41, 5.74) is 4.33. The number of amides is 1. The lowest BCUT2D eigenvalue weighted by molar-refractivity contribution is -0.116. The van der Waals surface area contributed by atoms with E-state index in [0.717, 1.165) is 24.3 Å². The minimum Gasteiger partial charge on any atom is -0.366 e. The number of carbonyl (C=O) groups excluding carboxylic acids is 1. The smallest absolute Gasteiger partial charge is 0.224 e. The number of aryl methyl sites for hydroxylation is 2. The number of carbonyl (C=O) groups is 1. The van der Waals surface area contributed by atoms with Gasteiger partial charge in [-0.15, -0.1) is 0 Å². The molecule has 0 atom stereocenters. The van der Waals surface area contributed by atoms with Crippen molar-refractivity contribution in [3.63, 3.8) is 0 Å². The van der Waals surface area contributed by atoms with E-state index < -0.39 is 0 Å². The Bertz CT molecular complexity index is 845. The SMILES string of the molecule is Cc1cccc(CNc2ccc(NC(=O)CCc3ccccc3)cn2)c1. The zero-order valence-corrected chi connectivity index (χ0v) is 14.9. The van der Waals surface area contributed by atoms with Crippen molar-refractivity contribution in [2.75, 3.05) is 10.6 Å². The summed E-state index contributed by atoms with van der Waals surface area (Å²) >= 11 is 0. The van der Waals surface area contributed by atoms with Crippen LogP contribution in [0.15, 0.2) is 72.9 Å². The quantitative estimate of drug-likeness (QED) is 0.659. The summed E-state index contributed by atoms with van der Waals surface area (Å²) in [6.07, 6.45) is 2.87. The maximum atomic E-state index is 12.1. The van der Waals surface area contributed by atoms with Gasteiger partial charge in [-0.05, 0) is 36.6 Å². The number of benzene rings is 2. The van der Waals surface area contributed by atoms with Crippen LogP contribution in [0.4, 0.5) is 11.5 Å². The number of pyridine rings is 1. The van der Waals surface area contributed by atoms with Gasteiger partial charge in [0.15, 0.2) is 0 Å². The van der Waals surface area contributed by atoms with E-state index in [2.05, 4.69) is 40.7 Å². The molecule has 3 aromatic rings. The molecule has 0 radical (unpaired) electrons. The van der Waals surface area contributed by atoms with E-state index >= 15 is 0 Å². The summed E-state index contributed by atoms with van der Waals surface area (Å²) in [4.78, 5) is 16.4.